The zero-order valence-electron chi connectivity index (χ0n) is 12.6. The van der Waals surface area contributed by atoms with E-state index in [1.807, 2.05) is 30.5 Å². The van der Waals surface area contributed by atoms with Gasteiger partial charge in [-0.25, -0.2) is 0 Å². The van der Waals surface area contributed by atoms with Crippen molar-refractivity contribution in [3.05, 3.63) is 76.7 Å². The molecule has 0 radical (unpaired) electrons. The summed E-state index contributed by atoms with van der Waals surface area (Å²) in [5, 5.41) is 0. The molecular formula is C19H19NO. The lowest BCUT2D eigenvalue weighted by molar-refractivity contribution is 0.589. The molecule has 0 aliphatic carbocycles. The summed E-state index contributed by atoms with van der Waals surface area (Å²) in [6, 6.07) is 18.1. The highest BCUT2D eigenvalue weighted by molar-refractivity contribution is 5.69. The molecule has 21 heavy (non-hydrogen) atoms. The van der Waals surface area contributed by atoms with Gasteiger partial charge in [0.2, 0.25) is 0 Å². The largest absolute Gasteiger partial charge is 0.284 e. The van der Waals surface area contributed by atoms with Gasteiger partial charge in [-0.1, -0.05) is 51.1 Å². The van der Waals surface area contributed by atoms with Crippen LogP contribution in [0, 0.1) is 0 Å². The third-order valence-electron chi connectivity index (χ3n) is 3.78. The zero-order chi connectivity index (χ0) is 15.0. The summed E-state index contributed by atoms with van der Waals surface area (Å²) in [6.45, 7) is 6.37. The van der Waals surface area contributed by atoms with Crippen LogP contribution in [-0.2, 0) is 5.41 Å². The smallest absolute Gasteiger partial charge is 0.255 e. The van der Waals surface area contributed by atoms with Crippen LogP contribution < -0.4 is 5.56 Å². The van der Waals surface area contributed by atoms with Crippen molar-refractivity contribution >= 4 is 5.52 Å². The minimum Gasteiger partial charge on any atom is -0.284 e. The van der Waals surface area contributed by atoms with Gasteiger partial charge >= 0.3 is 0 Å². The first kappa shape index (κ1) is 13.6. The van der Waals surface area contributed by atoms with E-state index in [0.29, 0.717) is 0 Å². The molecule has 0 amide bonds. The van der Waals surface area contributed by atoms with E-state index in [1.165, 1.54) is 0 Å². The number of hydrogen-bond donors (Lipinski definition) is 0. The second-order valence-electron chi connectivity index (χ2n) is 6.41. The number of fused-ring (bicyclic) bond motifs is 1. The van der Waals surface area contributed by atoms with Gasteiger partial charge in [0.05, 0.1) is 0 Å². The SMILES string of the molecule is CC(C)(C)c1cc(=O)n2ccc(-c3ccccc3)cc2c1. The second-order valence-corrected chi connectivity index (χ2v) is 6.41. The summed E-state index contributed by atoms with van der Waals surface area (Å²) >= 11 is 0. The lowest BCUT2D eigenvalue weighted by atomic mass is 9.87. The van der Waals surface area contributed by atoms with Crippen LogP contribution in [0.1, 0.15) is 26.3 Å². The molecule has 0 atom stereocenters. The van der Waals surface area contributed by atoms with Crippen LogP contribution in [0.15, 0.2) is 65.6 Å². The summed E-state index contributed by atoms with van der Waals surface area (Å²) in [7, 11) is 0. The molecule has 106 valence electrons. The van der Waals surface area contributed by atoms with Crippen LogP contribution in [0.5, 0.6) is 0 Å². The number of hydrogen-bond acceptors (Lipinski definition) is 1. The van der Waals surface area contributed by atoms with Crippen molar-refractivity contribution in [1.29, 1.82) is 0 Å². The Kier molecular flexibility index (Phi) is 3.17. The molecule has 0 unspecified atom stereocenters. The summed E-state index contributed by atoms with van der Waals surface area (Å²) in [4.78, 5) is 12.3. The van der Waals surface area contributed by atoms with Gasteiger partial charge in [-0.2, -0.15) is 0 Å². The van der Waals surface area contributed by atoms with Crippen LogP contribution in [-0.4, -0.2) is 4.40 Å². The van der Waals surface area contributed by atoms with Gasteiger partial charge in [-0.3, -0.25) is 9.20 Å². The van der Waals surface area contributed by atoms with Crippen LogP contribution >= 0.6 is 0 Å². The molecule has 1 aromatic carbocycles. The fourth-order valence-corrected chi connectivity index (χ4v) is 2.48. The lowest BCUT2D eigenvalue weighted by Gasteiger charge is -2.19. The Morgan fingerprint density at radius 1 is 0.857 bits per heavy atom. The minimum atomic E-state index is -0.0311. The van der Waals surface area contributed by atoms with Gasteiger partial charge < -0.3 is 0 Å². The highest BCUT2D eigenvalue weighted by Crippen LogP contribution is 2.24. The Morgan fingerprint density at radius 3 is 2.24 bits per heavy atom. The summed E-state index contributed by atoms with van der Waals surface area (Å²) in [6.07, 6.45) is 1.85. The molecule has 3 aromatic rings. The third-order valence-corrected chi connectivity index (χ3v) is 3.78. The lowest BCUT2D eigenvalue weighted by Crippen LogP contribution is -2.19. The molecule has 0 aliphatic rings. The molecule has 2 nitrogen and oxygen atoms in total. The Morgan fingerprint density at radius 2 is 1.57 bits per heavy atom. The van der Waals surface area contributed by atoms with Gasteiger partial charge in [0.15, 0.2) is 0 Å². The number of aromatic nitrogens is 1. The van der Waals surface area contributed by atoms with Crippen molar-refractivity contribution in [1.82, 2.24) is 4.40 Å². The summed E-state index contributed by atoms with van der Waals surface area (Å²) < 4.78 is 1.70. The summed E-state index contributed by atoms with van der Waals surface area (Å²) in [5.41, 5.74) is 4.29. The predicted octanol–water partition coefficient (Wildman–Crippen LogP) is 4.26. The van der Waals surface area contributed by atoms with Crippen molar-refractivity contribution in [2.75, 3.05) is 0 Å². The molecule has 0 saturated carbocycles. The van der Waals surface area contributed by atoms with Gasteiger partial charge in [0, 0.05) is 17.8 Å². The predicted molar refractivity (Wildman–Crippen MR) is 87.8 cm³/mol. The van der Waals surface area contributed by atoms with E-state index in [1.54, 1.807) is 10.5 Å². The van der Waals surface area contributed by atoms with Crippen LogP contribution in [0.2, 0.25) is 0 Å². The van der Waals surface area contributed by atoms with Crippen molar-refractivity contribution in [2.45, 2.75) is 26.2 Å². The molecule has 0 spiro atoms. The normalized spacial score (nSPS) is 11.8. The molecule has 2 heterocycles. The molecule has 0 bridgehead atoms. The Balaban J connectivity index is 2.23. The monoisotopic (exact) mass is 277 g/mol. The quantitative estimate of drug-likeness (QED) is 0.651. The fourth-order valence-electron chi connectivity index (χ4n) is 2.48. The Labute approximate surface area is 124 Å². The number of rotatable bonds is 1. The van der Waals surface area contributed by atoms with Crippen LogP contribution in [0.4, 0.5) is 0 Å². The van der Waals surface area contributed by atoms with E-state index in [9.17, 15) is 4.79 Å². The van der Waals surface area contributed by atoms with E-state index in [-0.39, 0.29) is 11.0 Å². The van der Waals surface area contributed by atoms with E-state index in [4.69, 9.17) is 0 Å². The number of nitrogens with zero attached hydrogens (tertiary/aromatic N) is 1. The van der Waals surface area contributed by atoms with Crippen molar-refractivity contribution in [3.63, 3.8) is 0 Å². The van der Waals surface area contributed by atoms with Gasteiger partial charge in [-0.15, -0.1) is 0 Å². The van der Waals surface area contributed by atoms with Gasteiger partial charge in [0.25, 0.3) is 5.56 Å². The van der Waals surface area contributed by atoms with Crippen LogP contribution in [0.25, 0.3) is 16.6 Å². The molecule has 2 aromatic heterocycles. The highest BCUT2D eigenvalue weighted by Gasteiger charge is 2.15. The number of pyridine rings is 2. The summed E-state index contributed by atoms with van der Waals surface area (Å²) in [5.74, 6) is 0. The Bertz CT molecular complexity index is 839. The first-order valence-electron chi connectivity index (χ1n) is 7.17. The van der Waals surface area contributed by atoms with Crippen molar-refractivity contribution in [3.8, 4) is 11.1 Å². The highest BCUT2D eigenvalue weighted by atomic mass is 16.1. The van der Waals surface area contributed by atoms with Gasteiger partial charge in [0.1, 0.15) is 0 Å². The Hall–Kier alpha value is -2.35. The average Bonchev–Trinajstić information content (AvgIpc) is 2.46. The van der Waals surface area contributed by atoms with E-state index >= 15 is 0 Å². The van der Waals surface area contributed by atoms with Crippen molar-refractivity contribution in [2.24, 2.45) is 0 Å². The van der Waals surface area contributed by atoms with E-state index in [2.05, 4.69) is 45.0 Å². The fraction of sp³-hybridized carbons (Fsp3) is 0.211. The first-order chi connectivity index (χ1) is 9.95. The number of benzene rings is 1. The maximum atomic E-state index is 12.3. The topological polar surface area (TPSA) is 21.5 Å². The molecule has 0 aliphatic heterocycles. The van der Waals surface area contributed by atoms with E-state index in [0.717, 1.165) is 22.2 Å². The average molecular weight is 277 g/mol. The minimum absolute atomic E-state index is 0.0250. The zero-order valence-corrected chi connectivity index (χ0v) is 12.6. The molecular weight excluding hydrogens is 258 g/mol. The molecule has 0 N–H and O–H groups in total. The van der Waals surface area contributed by atoms with Crippen molar-refractivity contribution < 1.29 is 0 Å². The molecule has 0 saturated heterocycles. The standard InChI is InChI=1S/C19H19NO/c1-19(2,3)16-12-17-11-15(14-7-5-4-6-8-14)9-10-20(17)18(21)13-16/h4-13H,1-3H3. The maximum Gasteiger partial charge on any atom is 0.255 e. The van der Waals surface area contributed by atoms with Gasteiger partial charge in [-0.05, 0) is 40.3 Å². The molecule has 2 heteroatoms. The van der Waals surface area contributed by atoms with Crippen LogP contribution in [0.3, 0.4) is 0 Å². The molecule has 0 fully saturated rings. The second kappa shape index (κ2) is 4.88. The third kappa shape index (κ3) is 2.62. The van der Waals surface area contributed by atoms with E-state index < -0.39 is 0 Å². The maximum absolute atomic E-state index is 12.3. The molecule has 3 rings (SSSR count). The first-order valence-corrected chi connectivity index (χ1v) is 7.17.